The van der Waals surface area contributed by atoms with Crippen molar-refractivity contribution >= 4 is 61.1 Å². The summed E-state index contributed by atoms with van der Waals surface area (Å²) in [6, 6.07) is 1.36. The minimum absolute atomic E-state index is 0.0577. The third-order valence-electron chi connectivity index (χ3n) is 7.02. The number of likely N-dealkylation sites (tertiary alicyclic amines) is 1. The fourth-order valence-electron chi connectivity index (χ4n) is 4.95. The predicted octanol–water partition coefficient (Wildman–Crippen LogP) is 3.44. The van der Waals surface area contributed by atoms with Gasteiger partial charge in [-0.3, -0.25) is 14.3 Å². The number of Topliss-reactive ketones (excluding diaryl/α,β-unsaturated/α-hetero) is 2. The van der Waals surface area contributed by atoms with Crippen LogP contribution in [-0.2, 0) is 35.5 Å². The molecule has 1 N–H and O–H groups in total. The SMILES string of the molecule is COC1CCc2cc(N=Nc3nnc(C(=O)OC4CCN(C)CC4)s3)c(NS(=O)(=O)C(F)F)cc2N1C(C(C)=O)C(C)=O. The number of aromatic nitrogens is 2. The number of methoxy groups -OCH3 is 1. The summed E-state index contributed by atoms with van der Waals surface area (Å²) in [5.74, 6) is -5.39. The van der Waals surface area contributed by atoms with Gasteiger partial charge in [0.2, 0.25) is 5.01 Å². The first-order valence-corrected chi connectivity index (χ1v) is 15.6. The fourth-order valence-corrected chi connectivity index (χ4v) is 6.06. The molecule has 43 heavy (non-hydrogen) atoms. The number of carbonyl (C=O) groups excluding carboxylic acids is 3. The summed E-state index contributed by atoms with van der Waals surface area (Å²) in [4.78, 5) is 41.0. The van der Waals surface area contributed by atoms with E-state index in [1.807, 2.05) is 11.8 Å². The number of sulfonamides is 1. The molecular formula is C25H31F2N7O7S2. The molecule has 2 aromatic rings. The van der Waals surface area contributed by atoms with Crippen LogP contribution in [0.4, 0.5) is 31.0 Å². The molecule has 2 aliphatic heterocycles. The van der Waals surface area contributed by atoms with Gasteiger partial charge in [-0.15, -0.1) is 20.4 Å². The first kappa shape index (κ1) is 32.4. The van der Waals surface area contributed by atoms with Gasteiger partial charge in [-0.2, -0.15) is 8.78 Å². The smallest absolute Gasteiger partial charge is 0.369 e. The molecule has 1 aromatic heterocycles. The van der Waals surface area contributed by atoms with Gasteiger partial charge in [0.1, 0.15) is 24.1 Å². The minimum Gasteiger partial charge on any atom is -0.457 e. The molecule has 18 heteroatoms. The second-order valence-corrected chi connectivity index (χ2v) is 12.8. The van der Waals surface area contributed by atoms with Gasteiger partial charge in [-0.05, 0) is 64.3 Å². The Hall–Kier alpha value is -3.48. The largest absolute Gasteiger partial charge is 0.457 e. The van der Waals surface area contributed by atoms with Crippen molar-refractivity contribution in [2.75, 3.05) is 36.9 Å². The Morgan fingerprint density at radius 2 is 1.77 bits per heavy atom. The molecule has 1 fully saturated rings. The number of rotatable bonds is 11. The number of nitrogens with zero attached hydrogens (tertiary/aromatic N) is 6. The monoisotopic (exact) mass is 643 g/mol. The first-order valence-electron chi connectivity index (χ1n) is 13.2. The number of anilines is 2. The lowest BCUT2D eigenvalue weighted by Crippen LogP contribution is -2.53. The standard InChI is InChI=1S/C25H31F2N7O7S2/c1-13(35)21(14(2)36)34-19-12-18(32-43(38,39)24(26)27)17(11-15(19)5-6-20(34)40-4)28-30-25-31-29-22(42-25)23(37)41-16-7-9-33(3)10-8-16/h11-12,16,20-21,24,32H,5-10H2,1-4H3. The molecule has 1 saturated heterocycles. The van der Waals surface area contributed by atoms with Crippen molar-refractivity contribution in [3.8, 4) is 0 Å². The normalized spacial score (nSPS) is 18.3. The maximum Gasteiger partial charge on any atom is 0.369 e. The Bertz CT molecular complexity index is 1500. The van der Waals surface area contributed by atoms with E-state index in [1.165, 1.54) is 38.0 Å². The highest BCUT2D eigenvalue weighted by atomic mass is 32.2. The lowest BCUT2D eigenvalue weighted by Gasteiger charge is -2.41. The lowest BCUT2D eigenvalue weighted by molar-refractivity contribution is -0.127. The maximum atomic E-state index is 13.3. The summed E-state index contributed by atoms with van der Waals surface area (Å²) in [6.07, 6.45) is 1.12. The van der Waals surface area contributed by atoms with Gasteiger partial charge in [0.25, 0.3) is 15.2 Å². The van der Waals surface area contributed by atoms with E-state index >= 15 is 0 Å². The van der Waals surface area contributed by atoms with Crippen LogP contribution in [0.1, 0.15) is 48.5 Å². The third-order valence-corrected chi connectivity index (χ3v) is 8.79. The van der Waals surface area contributed by atoms with E-state index in [1.54, 1.807) is 0 Å². The van der Waals surface area contributed by atoms with E-state index in [4.69, 9.17) is 9.47 Å². The average Bonchev–Trinajstić information content (AvgIpc) is 3.42. The van der Waals surface area contributed by atoms with E-state index in [2.05, 4.69) is 25.3 Å². The number of fused-ring (bicyclic) bond motifs is 1. The van der Waals surface area contributed by atoms with E-state index in [-0.39, 0.29) is 33.3 Å². The molecule has 1 unspecified atom stereocenters. The molecule has 0 radical (unpaired) electrons. The van der Waals surface area contributed by atoms with Gasteiger partial charge in [0.15, 0.2) is 11.6 Å². The molecular weight excluding hydrogens is 612 g/mol. The van der Waals surface area contributed by atoms with Gasteiger partial charge in [-0.25, -0.2) is 13.2 Å². The summed E-state index contributed by atoms with van der Waals surface area (Å²) in [5, 5.41) is 15.5. The summed E-state index contributed by atoms with van der Waals surface area (Å²) >= 11 is 0.790. The number of alkyl halides is 2. The number of ether oxygens (including phenoxy) is 2. The predicted molar refractivity (Wildman–Crippen MR) is 152 cm³/mol. The number of hydrogen-bond acceptors (Lipinski definition) is 14. The van der Waals surface area contributed by atoms with Crippen LogP contribution < -0.4 is 9.62 Å². The van der Waals surface area contributed by atoms with Crippen LogP contribution in [0, 0.1) is 0 Å². The molecule has 0 aliphatic carbocycles. The number of ketones is 2. The summed E-state index contributed by atoms with van der Waals surface area (Å²) in [5.41, 5.74) is 0.233. The van der Waals surface area contributed by atoms with Crippen LogP contribution in [0.15, 0.2) is 22.4 Å². The number of azo groups is 1. The number of aryl methyl sites for hydroxylation is 1. The Balaban J connectivity index is 1.67. The number of hydrogen-bond donors (Lipinski definition) is 1. The second kappa shape index (κ2) is 13.4. The molecule has 0 spiro atoms. The van der Waals surface area contributed by atoms with E-state index in [9.17, 15) is 31.6 Å². The van der Waals surface area contributed by atoms with E-state index in [0.717, 1.165) is 24.4 Å². The zero-order valence-electron chi connectivity index (χ0n) is 23.8. The molecule has 4 rings (SSSR count). The molecule has 3 heterocycles. The Kier molecular flexibility index (Phi) is 10.1. The topological polar surface area (TPSA) is 173 Å². The molecule has 2 aliphatic rings. The molecule has 234 valence electrons. The van der Waals surface area contributed by atoms with Crippen LogP contribution in [0.5, 0.6) is 0 Å². The molecule has 1 atom stereocenters. The zero-order valence-corrected chi connectivity index (χ0v) is 25.5. The summed E-state index contributed by atoms with van der Waals surface area (Å²) in [7, 11) is -1.78. The molecule has 0 bridgehead atoms. The van der Waals surface area contributed by atoms with Crippen molar-refractivity contribution in [2.24, 2.45) is 10.2 Å². The highest BCUT2D eigenvalue weighted by Gasteiger charge is 2.38. The van der Waals surface area contributed by atoms with Crippen LogP contribution in [0.3, 0.4) is 0 Å². The van der Waals surface area contributed by atoms with E-state index < -0.39 is 45.6 Å². The van der Waals surface area contributed by atoms with Crippen molar-refractivity contribution < 1.29 is 41.1 Å². The Morgan fingerprint density at radius 1 is 1.09 bits per heavy atom. The molecule has 1 aromatic carbocycles. The lowest BCUT2D eigenvalue weighted by atomic mass is 9.95. The first-order chi connectivity index (χ1) is 20.3. The van der Waals surface area contributed by atoms with Crippen molar-refractivity contribution in [1.29, 1.82) is 0 Å². The van der Waals surface area contributed by atoms with Crippen molar-refractivity contribution in [3.05, 3.63) is 22.7 Å². The van der Waals surface area contributed by atoms with Crippen LogP contribution in [0.25, 0.3) is 0 Å². The summed E-state index contributed by atoms with van der Waals surface area (Å²) < 4.78 is 63.8. The van der Waals surface area contributed by atoms with Crippen LogP contribution in [0.2, 0.25) is 0 Å². The number of halogens is 2. The number of piperidine rings is 1. The fraction of sp³-hybridized carbons (Fsp3) is 0.560. The molecule has 14 nitrogen and oxygen atoms in total. The average molecular weight is 644 g/mol. The Labute approximate surface area is 250 Å². The zero-order chi connectivity index (χ0) is 31.5. The Morgan fingerprint density at radius 3 is 2.37 bits per heavy atom. The van der Waals surface area contributed by atoms with Gasteiger partial charge >= 0.3 is 11.7 Å². The quantitative estimate of drug-likeness (QED) is 0.216. The van der Waals surface area contributed by atoms with Crippen molar-refractivity contribution in [3.63, 3.8) is 0 Å². The van der Waals surface area contributed by atoms with Gasteiger partial charge in [0.05, 0.1) is 5.69 Å². The van der Waals surface area contributed by atoms with Gasteiger partial charge in [0, 0.05) is 25.9 Å². The molecule has 0 amide bonds. The van der Waals surface area contributed by atoms with Gasteiger partial charge < -0.3 is 19.3 Å². The highest BCUT2D eigenvalue weighted by molar-refractivity contribution is 7.93. The van der Waals surface area contributed by atoms with E-state index in [0.29, 0.717) is 31.2 Å². The molecule has 0 saturated carbocycles. The number of esters is 1. The van der Waals surface area contributed by atoms with Crippen molar-refractivity contribution in [1.82, 2.24) is 15.1 Å². The minimum atomic E-state index is -5.16. The number of benzene rings is 1. The third kappa shape index (κ3) is 7.54. The maximum absolute atomic E-state index is 13.3. The van der Waals surface area contributed by atoms with Gasteiger partial charge in [-0.1, -0.05) is 11.3 Å². The van der Waals surface area contributed by atoms with Crippen LogP contribution in [-0.4, -0.2) is 92.4 Å². The van der Waals surface area contributed by atoms with Crippen molar-refractivity contribution in [2.45, 2.75) is 63.7 Å². The second-order valence-electron chi connectivity index (χ2n) is 10.2. The highest BCUT2D eigenvalue weighted by Crippen LogP contribution is 2.41. The number of nitrogens with one attached hydrogen (secondary N) is 1. The van der Waals surface area contributed by atoms with Crippen LogP contribution >= 0.6 is 11.3 Å². The number of carbonyl (C=O) groups is 3. The summed E-state index contributed by atoms with van der Waals surface area (Å²) in [6.45, 7) is 4.05.